The van der Waals surface area contributed by atoms with Crippen LogP contribution in [-0.4, -0.2) is 35.8 Å². The maximum Gasteiger partial charge on any atom is 0.409 e. The molecule has 1 heterocycles. The summed E-state index contributed by atoms with van der Waals surface area (Å²) in [6.07, 6.45) is 7.48. The molecule has 0 unspecified atom stereocenters. The van der Waals surface area contributed by atoms with Crippen molar-refractivity contribution < 1.29 is 14.6 Å². The van der Waals surface area contributed by atoms with Crippen LogP contribution in [0.15, 0.2) is 60.7 Å². The summed E-state index contributed by atoms with van der Waals surface area (Å²) in [5, 5.41) is 11.9. The van der Waals surface area contributed by atoms with Gasteiger partial charge >= 0.3 is 6.09 Å². The summed E-state index contributed by atoms with van der Waals surface area (Å²) >= 11 is 0. The molecule has 1 saturated heterocycles. The topological polar surface area (TPSA) is 49.8 Å². The molecule has 1 aliphatic heterocycles. The Bertz CT molecular complexity index is 754. The predicted molar refractivity (Wildman–Crippen MR) is 118 cm³/mol. The van der Waals surface area contributed by atoms with Crippen LogP contribution >= 0.6 is 0 Å². The summed E-state index contributed by atoms with van der Waals surface area (Å²) < 4.78 is 5.56. The number of benzene rings is 2. The number of likely N-dealkylation sites (tertiary alicyclic amines) is 1. The van der Waals surface area contributed by atoms with Crippen molar-refractivity contribution in [1.29, 1.82) is 0 Å². The Morgan fingerprint density at radius 2 is 1.43 bits per heavy atom. The normalized spacial score (nSPS) is 18.5. The smallest absolute Gasteiger partial charge is 0.409 e. The fourth-order valence-corrected chi connectivity index (χ4v) is 5.21. The number of ether oxygens (including phenoxy) is 1. The third kappa shape index (κ3) is 4.54. The highest BCUT2D eigenvalue weighted by atomic mass is 16.6. The van der Waals surface area contributed by atoms with E-state index in [4.69, 9.17) is 4.74 Å². The van der Waals surface area contributed by atoms with E-state index in [-0.39, 0.29) is 12.0 Å². The van der Waals surface area contributed by atoms with Crippen LogP contribution in [0.25, 0.3) is 0 Å². The molecule has 30 heavy (non-hydrogen) atoms. The molecule has 160 valence electrons. The largest absolute Gasteiger partial charge is 0.449 e. The van der Waals surface area contributed by atoms with E-state index < -0.39 is 5.60 Å². The lowest BCUT2D eigenvalue weighted by Gasteiger charge is -2.42. The van der Waals surface area contributed by atoms with E-state index in [0.717, 1.165) is 36.3 Å². The van der Waals surface area contributed by atoms with Crippen LogP contribution in [0.4, 0.5) is 4.79 Å². The second-order valence-electron chi connectivity index (χ2n) is 8.81. The second-order valence-corrected chi connectivity index (χ2v) is 8.81. The highest BCUT2D eigenvalue weighted by Gasteiger charge is 2.42. The number of piperidine rings is 1. The van der Waals surface area contributed by atoms with Crippen molar-refractivity contribution in [2.24, 2.45) is 11.8 Å². The van der Waals surface area contributed by atoms with E-state index in [0.29, 0.717) is 19.7 Å². The average Bonchev–Trinajstić information content (AvgIpc) is 3.33. The van der Waals surface area contributed by atoms with Crippen molar-refractivity contribution in [1.82, 2.24) is 4.90 Å². The molecular formula is C26H33NO3. The summed E-state index contributed by atoms with van der Waals surface area (Å²) in [6, 6.07) is 19.8. The highest BCUT2D eigenvalue weighted by molar-refractivity contribution is 5.67. The molecule has 1 saturated carbocycles. The summed E-state index contributed by atoms with van der Waals surface area (Å²) in [6.45, 7) is 1.77. The lowest BCUT2D eigenvalue weighted by Crippen LogP contribution is -2.46. The van der Waals surface area contributed by atoms with Gasteiger partial charge < -0.3 is 14.7 Å². The number of rotatable bonds is 6. The maximum atomic E-state index is 12.5. The van der Waals surface area contributed by atoms with Crippen molar-refractivity contribution in [2.75, 3.05) is 19.7 Å². The number of hydrogen-bond donors (Lipinski definition) is 1. The van der Waals surface area contributed by atoms with Crippen molar-refractivity contribution in [2.45, 2.75) is 50.5 Å². The Morgan fingerprint density at radius 1 is 0.900 bits per heavy atom. The zero-order valence-corrected chi connectivity index (χ0v) is 17.7. The van der Waals surface area contributed by atoms with Gasteiger partial charge in [-0.15, -0.1) is 0 Å². The van der Waals surface area contributed by atoms with Gasteiger partial charge in [0.2, 0.25) is 0 Å². The summed E-state index contributed by atoms with van der Waals surface area (Å²) in [7, 11) is 0. The quantitative estimate of drug-likeness (QED) is 0.702. The van der Waals surface area contributed by atoms with Gasteiger partial charge in [-0.25, -0.2) is 4.79 Å². The van der Waals surface area contributed by atoms with Crippen LogP contribution in [0.3, 0.4) is 0 Å². The zero-order chi connectivity index (χ0) is 20.8. The van der Waals surface area contributed by atoms with Gasteiger partial charge in [0.15, 0.2) is 0 Å². The van der Waals surface area contributed by atoms with Crippen LogP contribution in [0.1, 0.15) is 56.1 Å². The third-order valence-electron chi connectivity index (χ3n) is 7.00. The van der Waals surface area contributed by atoms with E-state index in [9.17, 15) is 9.90 Å². The van der Waals surface area contributed by atoms with Gasteiger partial charge in [0.05, 0.1) is 6.61 Å². The van der Waals surface area contributed by atoms with E-state index in [1.54, 1.807) is 0 Å². The first-order chi connectivity index (χ1) is 14.7. The zero-order valence-electron chi connectivity index (χ0n) is 17.7. The van der Waals surface area contributed by atoms with Crippen LogP contribution in [-0.2, 0) is 10.3 Å². The lowest BCUT2D eigenvalue weighted by atomic mass is 9.72. The molecular weight excluding hydrogens is 374 g/mol. The second kappa shape index (κ2) is 9.65. The Balaban J connectivity index is 1.39. The number of carbonyl (C=O) groups is 1. The molecule has 4 nitrogen and oxygen atoms in total. The Morgan fingerprint density at radius 3 is 1.97 bits per heavy atom. The molecule has 1 amide bonds. The number of aliphatic hydroxyl groups is 1. The Kier molecular flexibility index (Phi) is 6.73. The monoisotopic (exact) mass is 407 g/mol. The fourth-order valence-electron chi connectivity index (χ4n) is 5.21. The molecule has 0 spiro atoms. The van der Waals surface area contributed by atoms with Gasteiger partial charge in [-0.2, -0.15) is 0 Å². The van der Waals surface area contributed by atoms with Crippen LogP contribution in [0, 0.1) is 11.8 Å². The number of nitrogens with zero attached hydrogens (tertiary/aromatic N) is 1. The molecule has 4 rings (SSSR count). The van der Waals surface area contributed by atoms with Crippen molar-refractivity contribution in [3.05, 3.63) is 71.8 Å². The summed E-state index contributed by atoms with van der Waals surface area (Å²) in [5.41, 5.74) is 0.767. The van der Waals surface area contributed by atoms with E-state index in [1.807, 2.05) is 65.6 Å². The fraction of sp³-hybridized carbons (Fsp3) is 0.500. The molecule has 2 aliphatic rings. The number of carbonyl (C=O) groups excluding carboxylic acids is 1. The molecule has 2 fully saturated rings. The highest BCUT2D eigenvalue weighted by Crippen LogP contribution is 2.42. The van der Waals surface area contributed by atoms with Crippen molar-refractivity contribution in [3.8, 4) is 0 Å². The van der Waals surface area contributed by atoms with Crippen molar-refractivity contribution in [3.63, 3.8) is 0 Å². The van der Waals surface area contributed by atoms with Gasteiger partial charge in [0.25, 0.3) is 0 Å². The van der Waals surface area contributed by atoms with Gasteiger partial charge in [-0.05, 0) is 42.2 Å². The molecule has 2 aromatic carbocycles. The molecule has 0 radical (unpaired) electrons. The van der Waals surface area contributed by atoms with E-state index in [2.05, 4.69) is 0 Å². The Hall–Kier alpha value is -2.33. The molecule has 0 aromatic heterocycles. The summed E-state index contributed by atoms with van der Waals surface area (Å²) in [5.74, 6) is 0.778. The first kappa shape index (κ1) is 20.9. The number of hydrogen-bond acceptors (Lipinski definition) is 3. The molecule has 0 atom stereocenters. The standard InChI is InChI=1S/C26H33NO3/c28-25(30-20-17-21-9-7-8-10-21)27-18-15-24(16-19-27)26(29,22-11-3-1-4-12-22)23-13-5-2-6-14-23/h1-6,11-14,21,24,29H,7-10,15-20H2. The molecule has 1 aliphatic carbocycles. The van der Waals surface area contributed by atoms with Crippen LogP contribution < -0.4 is 0 Å². The minimum absolute atomic E-state index is 0.0461. The third-order valence-corrected chi connectivity index (χ3v) is 7.00. The minimum Gasteiger partial charge on any atom is -0.449 e. The molecule has 1 N–H and O–H groups in total. The number of amides is 1. The van der Waals surface area contributed by atoms with Gasteiger partial charge in [-0.3, -0.25) is 0 Å². The SMILES string of the molecule is O=C(OCCC1CCCC1)N1CCC(C(O)(c2ccccc2)c2ccccc2)CC1. The van der Waals surface area contributed by atoms with Crippen molar-refractivity contribution >= 4 is 6.09 Å². The van der Waals surface area contributed by atoms with Gasteiger partial charge in [0.1, 0.15) is 5.60 Å². The van der Waals surface area contributed by atoms with Gasteiger partial charge in [0, 0.05) is 13.1 Å². The van der Waals surface area contributed by atoms with E-state index in [1.165, 1.54) is 25.7 Å². The van der Waals surface area contributed by atoms with Crippen LogP contribution in [0.2, 0.25) is 0 Å². The first-order valence-corrected chi connectivity index (χ1v) is 11.4. The average molecular weight is 408 g/mol. The minimum atomic E-state index is -1.05. The van der Waals surface area contributed by atoms with E-state index >= 15 is 0 Å². The first-order valence-electron chi connectivity index (χ1n) is 11.4. The molecule has 0 bridgehead atoms. The lowest BCUT2D eigenvalue weighted by molar-refractivity contribution is -0.0146. The summed E-state index contributed by atoms with van der Waals surface area (Å²) in [4.78, 5) is 14.3. The van der Waals surface area contributed by atoms with Crippen LogP contribution in [0.5, 0.6) is 0 Å². The predicted octanol–water partition coefficient (Wildman–Crippen LogP) is 5.35. The maximum absolute atomic E-state index is 12.5. The Labute approximate surface area is 179 Å². The molecule has 2 aromatic rings. The van der Waals surface area contributed by atoms with Gasteiger partial charge in [-0.1, -0.05) is 86.3 Å². The molecule has 4 heteroatoms.